The Morgan fingerprint density at radius 3 is 2.20 bits per heavy atom. The number of benzene rings is 2. The Labute approximate surface area is 152 Å². The molecule has 1 saturated carbocycles. The second-order valence-corrected chi connectivity index (χ2v) is 7.27. The summed E-state index contributed by atoms with van der Waals surface area (Å²) in [5.74, 6) is 0.936. The average Bonchev–Trinajstić information content (AvgIpc) is 2.63. The second-order valence-electron chi connectivity index (χ2n) is 7.27. The summed E-state index contributed by atoms with van der Waals surface area (Å²) in [6.07, 6.45) is 9.62. The highest BCUT2D eigenvalue weighted by Crippen LogP contribution is 2.22. The van der Waals surface area contributed by atoms with Crippen molar-refractivity contribution in [3.05, 3.63) is 65.7 Å². The van der Waals surface area contributed by atoms with Gasteiger partial charge in [0.05, 0.1) is 0 Å². The van der Waals surface area contributed by atoms with Crippen LogP contribution in [-0.4, -0.2) is 6.04 Å². The third kappa shape index (κ3) is 5.89. The van der Waals surface area contributed by atoms with Gasteiger partial charge in [-0.3, -0.25) is 0 Å². The van der Waals surface area contributed by atoms with Gasteiger partial charge in [-0.15, -0.1) is 0 Å². The first-order chi connectivity index (χ1) is 12.3. The van der Waals surface area contributed by atoms with Crippen molar-refractivity contribution in [1.29, 1.82) is 0 Å². The lowest BCUT2D eigenvalue weighted by Gasteiger charge is -2.25. The van der Waals surface area contributed by atoms with Crippen LogP contribution in [0.15, 0.2) is 54.6 Å². The van der Waals surface area contributed by atoms with Crippen molar-refractivity contribution >= 4 is 0 Å². The van der Waals surface area contributed by atoms with Crippen molar-refractivity contribution in [2.24, 2.45) is 0 Å². The molecule has 1 atom stereocenters. The molecule has 0 bridgehead atoms. The molecule has 0 heterocycles. The minimum absolute atomic E-state index is 0.396. The van der Waals surface area contributed by atoms with Crippen LogP contribution in [0.1, 0.15) is 69.0 Å². The van der Waals surface area contributed by atoms with E-state index in [9.17, 15) is 0 Å². The Hall–Kier alpha value is -1.80. The molecule has 1 aliphatic carbocycles. The van der Waals surface area contributed by atoms with Gasteiger partial charge >= 0.3 is 0 Å². The predicted octanol–water partition coefficient (Wildman–Crippen LogP) is 6.03. The topological polar surface area (TPSA) is 21.3 Å². The summed E-state index contributed by atoms with van der Waals surface area (Å²) < 4.78 is 5.89. The highest BCUT2D eigenvalue weighted by atomic mass is 16.5. The molecule has 3 rings (SSSR count). The summed E-state index contributed by atoms with van der Waals surface area (Å²) in [5, 5.41) is 3.84. The van der Waals surface area contributed by atoms with E-state index in [0.29, 0.717) is 18.7 Å². The quantitative estimate of drug-likeness (QED) is 0.695. The van der Waals surface area contributed by atoms with Crippen LogP contribution in [0.5, 0.6) is 5.75 Å². The zero-order valence-electron chi connectivity index (χ0n) is 15.4. The largest absolute Gasteiger partial charge is 0.489 e. The van der Waals surface area contributed by atoms with Crippen LogP contribution < -0.4 is 10.1 Å². The minimum Gasteiger partial charge on any atom is -0.489 e. The molecule has 0 aliphatic heterocycles. The van der Waals surface area contributed by atoms with Crippen LogP contribution in [0.25, 0.3) is 0 Å². The summed E-state index contributed by atoms with van der Waals surface area (Å²) in [6, 6.07) is 19.9. The predicted molar refractivity (Wildman–Crippen MR) is 105 cm³/mol. The first-order valence-corrected chi connectivity index (χ1v) is 9.84. The molecule has 0 spiro atoms. The highest BCUT2D eigenvalue weighted by molar-refractivity contribution is 5.29. The van der Waals surface area contributed by atoms with E-state index in [2.05, 4.69) is 48.6 Å². The zero-order chi connectivity index (χ0) is 17.3. The van der Waals surface area contributed by atoms with E-state index in [1.54, 1.807) is 0 Å². The van der Waals surface area contributed by atoms with Gasteiger partial charge in [-0.1, -0.05) is 74.6 Å². The molecule has 1 fully saturated rings. The number of ether oxygens (including phenoxy) is 1. The first-order valence-electron chi connectivity index (χ1n) is 9.84. The van der Waals surface area contributed by atoms with Gasteiger partial charge in [0, 0.05) is 12.1 Å². The molecule has 2 aromatic rings. The fourth-order valence-electron chi connectivity index (χ4n) is 3.67. The zero-order valence-corrected chi connectivity index (χ0v) is 15.4. The molecule has 1 unspecified atom stereocenters. The third-order valence-corrected chi connectivity index (χ3v) is 5.22. The Bertz CT molecular complexity index is 600. The normalized spacial score (nSPS) is 17.5. The van der Waals surface area contributed by atoms with Crippen LogP contribution in [0.4, 0.5) is 0 Å². The highest BCUT2D eigenvalue weighted by Gasteiger charge is 2.14. The number of hydrogen-bond acceptors (Lipinski definition) is 2. The van der Waals surface area contributed by atoms with Crippen molar-refractivity contribution in [2.75, 3.05) is 0 Å². The van der Waals surface area contributed by atoms with Crippen molar-refractivity contribution in [1.82, 2.24) is 5.32 Å². The maximum absolute atomic E-state index is 5.89. The lowest BCUT2D eigenvalue weighted by Crippen LogP contribution is -2.32. The molecule has 1 aliphatic rings. The standard InChI is InChI=1S/C23H31NO/c1-19(24-22-12-8-3-2-4-9-13-22)21-14-16-23(17-15-21)25-18-20-10-6-5-7-11-20/h5-7,10-11,14-17,19,22,24H,2-4,8-9,12-13,18H2,1H3. The molecule has 2 aromatic carbocycles. The summed E-state index contributed by atoms with van der Waals surface area (Å²) in [4.78, 5) is 0. The lowest BCUT2D eigenvalue weighted by molar-refractivity contribution is 0.306. The van der Waals surface area contributed by atoms with Gasteiger partial charge < -0.3 is 10.1 Å². The molecule has 0 aromatic heterocycles. The van der Waals surface area contributed by atoms with E-state index in [-0.39, 0.29) is 0 Å². The summed E-state index contributed by atoms with van der Waals surface area (Å²) in [7, 11) is 0. The summed E-state index contributed by atoms with van der Waals surface area (Å²) >= 11 is 0. The molecular formula is C23H31NO. The smallest absolute Gasteiger partial charge is 0.119 e. The van der Waals surface area contributed by atoms with Crippen molar-refractivity contribution < 1.29 is 4.74 Å². The minimum atomic E-state index is 0.396. The SMILES string of the molecule is CC(NC1CCCCCCC1)c1ccc(OCc2ccccc2)cc1. The van der Waals surface area contributed by atoms with Gasteiger partial charge in [-0.25, -0.2) is 0 Å². The number of rotatable bonds is 6. The maximum Gasteiger partial charge on any atom is 0.119 e. The van der Waals surface area contributed by atoms with Gasteiger partial charge in [0.2, 0.25) is 0 Å². The molecule has 25 heavy (non-hydrogen) atoms. The number of hydrogen-bond donors (Lipinski definition) is 1. The Kier molecular flexibility index (Phi) is 6.93. The van der Waals surface area contributed by atoms with E-state index >= 15 is 0 Å². The summed E-state index contributed by atoms with van der Waals surface area (Å²) in [5.41, 5.74) is 2.54. The Morgan fingerprint density at radius 1 is 0.880 bits per heavy atom. The lowest BCUT2D eigenvalue weighted by atomic mass is 9.95. The third-order valence-electron chi connectivity index (χ3n) is 5.22. The van der Waals surface area contributed by atoms with Gasteiger partial charge in [0.15, 0.2) is 0 Å². The molecule has 1 N–H and O–H groups in total. The van der Waals surface area contributed by atoms with Gasteiger partial charge in [-0.05, 0) is 43.0 Å². The molecule has 2 nitrogen and oxygen atoms in total. The van der Waals surface area contributed by atoms with Crippen molar-refractivity contribution in [3.63, 3.8) is 0 Å². The first kappa shape index (κ1) is 18.0. The van der Waals surface area contributed by atoms with Crippen molar-refractivity contribution in [2.45, 2.75) is 70.6 Å². The van der Waals surface area contributed by atoms with Gasteiger partial charge in [0.25, 0.3) is 0 Å². The van der Waals surface area contributed by atoms with E-state index in [1.165, 1.54) is 56.1 Å². The Morgan fingerprint density at radius 2 is 1.52 bits per heavy atom. The monoisotopic (exact) mass is 337 g/mol. The van der Waals surface area contributed by atoms with Crippen LogP contribution in [0, 0.1) is 0 Å². The summed E-state index contributed by atoms with van der Waals surface area (Å²) in [6.45, 7) is 2.90. The van der Waals surface area contributed by atoms with E-state index < -0.39 is 0 Å². The van der Waals surface area contributed by atoms with E-state index in [4.69, 9.17) is 4.74 Å². The van der Waals surface area contributed by atoms with Gasteiger partial charge in [-0.2, -0.15) is 0 Å². The number of nitrogens with one attached hydrogen (secondary N) is 1. The van der Waals surface area contributed by atoms with Crippen LogP contribution in [-0.2, 0) is 6.61 Å². The molecule has 0 amide bonds. The van der Waals surface area contributed by atoms with Crippen LogP contribution in [0.3, 0.4) is 0 Å². The van der Waals surface area contributed by atoms with Crippen LogP contribution in [0.2, 0.25) is 0 Å². The molecule has 0 saturated heterocycles. The second kappa shape index (κ2) is 9.62. The van der Waals surface area contributed by atoms with Crippen molar-refractivity contribution in [3.8, 4) is 5.75 Å². The van der Waals surface area contributed by atoms with E-state index in [1.807, 2.05) is 18.2 Å². The maximum atomic E-state index is 5.89. The molecule has 0 radical (unpaired) electrons. The Balaban J connectivity index is 1.50. The molecule has 2 heteroatoms. The average molecular weight is 338 g/mol. The molecule has 134 valence electrons. The van der Waals surface area contributed by atoms with Gasteiger partial charge in [0.1, 0.15) is 12.4 Å². The van der Waals surface area contributed by atoms with E-state index in [0.717, 1.165) is 5.75 Å². The fourth-order valence-corrected chi connectivity index (χ4v) is 3.67. The fraction of sp³-hybridized carbons (Fsp3) is 0.478. The molecular weight excluding hydrogens is 306 g/mol. The van der Waals surface area contributed by atoms with Crippen LogP contribution >= 0.6 is 0 Å².